The Morgan fingerprint density at radius 3 is 2.23 bits per heavy atom. The Morgan fingerprint density at radius 2 is 1.63 bits per heavy atom. The van der Waals surface area contributed by atoms with E-state index in [9.17, 15) is 18.7 Å². The number of hydrogen-bond donors (Lipinski definition) is 2. The summed E-state index contributed by atoms with van der Waals surface area (Å²) in [7, 11) is 0. The highest BCUT2D eigenvalue weighted by Gasteiger charge is 2.29. The van der Waals surface area contributed by atoms with Gasteiger partial charge < -0.3 is 15.2 Å². The van der Waals surface area contributed by atoms with Crippen LogP contribution in [0, 0.1) is 11.6 Å². The molecule has 1 atom stereocenters. The van der Waals surface area contributed by atoms with Crippen molar-refractivity contribution < 1.29 is 23.4 Å². The van der Waals surface area contributed by atoms with Crippen molar-refractivity contribution in [3.63, 3.8) is 0 Å². The zero-order valence-corrected chi connectivity index (χ0v) is 16.1. The number of rotatable bonds is 6. The predicted molar refractivity (Wildman–Crippen MR) is 109 cm³/mol. The average molecular weight is 409 g/mol. The first-order valence-electron chi connectivity index (χ1n) is 9.73. The van der Waals surface area contributed by atoms with E-state index in [1.807, 2.05) is 48.5 Å². The molecule has 1 aliphatic carbocycles. The molecule has 30 heavy (non-hydrogen) atoms. The second-order valence-corrected chi connectivity index (χ2v) is 7.29. The zero-order chi connectivity index (χ0) is 21.1. The number of fused-ring (bicyclic) bond motifs is 3. The number of aliphatic hydroxyl groups excluding tert-OH is 1. The van der Waals surface area contributed by atoms with E-state index in [-0.39, 0.29) is 24.5 Å². The molecular weight excluding hydrogens is 388 g/mol. The van der Waals surface area contributed by atoms with E-state index in [1.54, 1.807) is 0 Å². The van der Waals surface area contributed by atoms with Gasteiger partial charge in [0.05, 0.1) is 12.6 Å². The summed E-state index contributed by atoms with van der Waals surface area (Å²) in [6.45, 7) is -0.260. The van der Waals surface area contributed by atoms with Gasteiger partial charge in [-0.2, -0.15) is 0 Å². The molecule has 154 valence electrons. The van der Waals surface area contributed by atoms with Crippen molar-refractivity contribution in [3.05, 3.63) is 95.1 Å². The number of alkyl carbamates (subject to hydrolysis) is 1. The second-order valence-electron chi connectivity index (χ2n) is 7.29. The summed E-state index contributed by atoms with van der Waals surface area (Å²) in [6, 6.07) is 18.5. The maximum Gasteiger partial charge on any atom is 0.407 e. The van der Waals surface area contributed by atoms with Crippen LogP contribution in [0.4, 0.5) is 13.6 Å². The lowest BCUT2D eigenvalue weighted by molar-refractivity contribution is 0.132. The first kappa shape index (κ1) is 20.0. The fourth-order valence-electron chi connectivity index (χ4n) is 3.92. The standard InChI is InChI=1S/C24H21F2NO3/c25-16-10-9-15(23(26)12-16)11-17(13-28)27-24(29)30-14-22-20-7-3-1-5-18(20)19-6-2-4-8-21(19)22/h1-10,12,17,22,28H,11,13-14H2,(H,27,29). The Hall–Kier alpha value is -3.25. The number of benzene rings is 3. The lowest BCUT2D eigenvalue weighted by Gasteiger charge is -2.19. The third kappa shape index (κ3) is 4.04. The fourth-order valence-corrected chi connectivity index (χ4v) is 3.92. The molecule has 0 fully saturated rings. The van der Waals surface area contributed by atoms with Gasteiger partial charge in [0, 0.05) is 12.0 Å². The van der Waals surface area contributed by atoms with Gasteiger partial charge in [0.25, 0.3) is 0 Å². The van der Waals surface area contributed by atoms with Crippen LogP contribution in [0.2, 0.25) is 0 Å². The molecule has 4 rings (SSSR count). The minimum absolute atomic E-state index is 0.0206. The Morgan fingerprint density at radius 1 is 1.00 bits per heavy atom. The zero-order valence-electron chi connectivity index (χ0n) is 16.1. The van der Waals surface area contributed by atoms with Gasteiger partial charge >= 0.3 is 6.09 Å². The van der Waals surface area contributed by atoms with Crippen LogP contribution in [0.3, 0.4) is 0 Å². The number of halogens is 2. The van der Waals surface area contributed by atoms with Crippen molar-refractivity contribution in [2.45, 2.75) is 18.4 Å². The molecule has 0 aliphatic heterocycles. The SMILES string of the molecule is O=C(NC(CO)Cc1ccc(F)cc1F)OCC1c2ccccc2-c2ccccc21. The number of carbonyl (C=O) groups is 1. The largest absolute Gasteiger partial charge is 0.449 e. The van der Waals surface area contributed by atoms with Crippen LogP contribution in [0.5, 0.6) is 0 Å². The van der Waals surface area contributed by atoms with Gasteiger partial charge in [-0.05, 0) is 40.3 Å². The van der Waals surface area contributed by atoms with E-state index in [4.69, 9.17) is 4.74 Å². The van der Waals surface area contributed by atoms with Crippen molar-refractivity contribution in [1.29, 1.82) is 0 Å². The summed E-state index contributed by atoms with van der Waals surface area (Å²) < 4.78 is 32.4. The van der Waals surface area contributed by atoms with Crippen LogP contribution in [0.1, 0.15) is 22.6 Å². The highest BCUT2D eigenvalue weighted by molar-refractivity contribution is 5.79. The number of aliphatic hydroxyl groups is 1. The molecule has 0 aromatic heterocycles. The number of amides is 1. The van der Waals surface area contributed by atoms with Crippen molar-refractivity contribution >= 4 is 6.09 Å². The molecular formula is C24H21F2NO3. The van der Waals surface area contributed by atoms with E-state index >= 15 is 0 Å². The van der Waals surface area contributed by atoms with Crippen molar-refractivity contribution in [2.75, 3.05) is 13.2 Å². The number of hydrogen-bond acceptors (Lipinski definition) is 3. The van der Waals surface area contributed by atoms with Crippen LogP contribution < -0.4 is 5.32 Å². The van der Waals surface area contributed by atoms with Gasteiger partial charge in [-0.25, -0.2) is 13.6 Å². The molecule has 6 heteroatoms. The average Bonchev–Trinajstić information content (AvgIpc) is 3.07. The fraction of sp³-hybridized carbons (Fsp3) is 0.208. The van der Waals surface area contributed by atoms with E-state index < -0.39 is 30.4 Å². The number of nitrogens with one attached hydrogen (secondary N) is 1. The quantitative estimate of drug-likeness (QED) is 0.634. The Bertz CT molecular complexity index is 1020. The molecule has 0 bridgehead atoms. The molecule has 0 spiro atoms. The summed E-state index contributed by atoms with van der Waals surface area (Å²) in [6.07, 6.45) is -0.675. The minimum atomic E-state index is -0.749. The molecule has 0 heterocycles. The lowest BCUT2D eigenvalue weighted by Crippen LogP contribution is -2.40. The predicted octanol–water partition coefficient (Wildman–Crippen LogP) is 4.41. The number of carbonyl (C=O) groups excluding carboxylic acids is 1. The molecule has 3 aromatic carbocycles. The summed E-state index contributed by atoms with van der Waals surface area (Å²) in [5.41, 5.74) is 4.65. The van der Waals surface area contributed by atoms with Crippen molar-refractivity contribution in [1.82, 2.24) is 5.32 Å². The van der Waals surface area contributed by atoms with Crippen molar-refractivity contribution in [3.8, 4) is 11.1 Å². The summed E-state index contributed by atoms with van der Waals surface area (Å²) in [5, 5.41) is 12.1. The molecule has 1 aliphatic rings. The third-order valence-electron chi connectivity index (χ3n) is 5.37. The van der Waals surface area contributed by atoms with Gasteiger partial charge in [-0.3, -0.25) is 0 Å². The maximum atomic E-state index is 13.9. The smallest absolute Gasteiger partial charge is 0.407 e. The second kappa shape index (κ2) is 8.63. The first-order chi connectivity index (χ1) is 14.6. The van der Waals surface area contributed by atoms with Gasteiger partial charge in [0.15, 0.2) is 0 Å². The monoisotopic (exact) mass is 409 g/mol. The van der Waals surface area contributed by atoms with Crippen LogP contribution >= 0.6 is 0 Å². The normalized spacial score (nSPS) is 13.4. The van der Waals surface area contributed by atoms with Crippen LogP contribution in [0.25, 0.3) is 11.1 Å². The Balaban J connectivity index is 1.41. The topological polar surface area (TPSA) is 58.6 Å². The molecule has 4 nitrogen and oxygen atoms in total. The molecule has 1 amide bonds. The maximum absolute atomic E-state index is 13.9. The Kier molecular flexibility index (Phi) is 5.77. The summed E-state index contributed by atoms with van der Waals surface area (Å²) in [4.78, 5) is 12.3. The highest BCUT2D eigenvalue weighted by Crippen LogP contribution is 2.44. The molecule has 1 unspecified atom stereocenters. The third-order valence-corrected chi connectivity index (χ3v) is 5.37. The van der Waals surface area contributed by atoms with Crippen LogP contribution in [-0.2, 0) is 11.2 Å². The lowest BCUT2D eigenvalue weighted by atomic mass is 9.98. The summed E-state index contributed by atoms with van der Waals surface area (Å²) >= 11 is 0. The van der Waals surface area contributed by atoms with E-state index in [2.05, 4.69) is 5.32 Å². The molecule has 3 aromatic rings. The molecule has 0 saturated carbocycles. The van der Waals surface area contributed by atoms with Crippen LogP contribution in [-0.4, -0.2) is 30.5 Å². The van der Waals surface area contributed by atoms with Gasteiger partial charge in [0.1, 0.15) is 18.2 Å². The van der Waals surface area contributed by atoms with Gasteiger partial charge in [-0.15, -0.1) is 0 Å². The van der Waals surface area contributed by atoms with Crippen molar-refractivity contribution in [2.24, 2.45) is 0 Å². The summed E-state index contributed by atoms with van der Waals surface area (Å²) in [5.74, 6) is -1.48. The van der Waals surface area contributed by atoms with Crippen LogP contribution in [0.15, 0.2) is 66.7 Å². The number of ether oxygens (including phenoxy) is 1. The molecule has 0 radical (unpaired) electrons. The first-order valence-corrected chi connectivity index (χ1v) is 9.73. The molecule has 0 saturated heterocycles. The molecule has 2 N–H and O–H groups in total. The van der Waals surface area contributed by atoms with Gasteiger partial charge in [0.2, 0.25) is 0 Å². The van der Waals surface area contributed by atoms with Gasteiger partial charge in [-0.1, -0.05) is 54.6 Å². The highest BCUT2D eigenvalue weighted by atomic mass is 19.1. The van der Waals surface area contributed by atoms with E-state index in [1.165, 1.54) is 6.07 Å². The Labute approximate surface area is 173 Å². The van der Waals surface area contributed by atoms with E-state index in [0.717, 1.165) is 34.4 Å². The van der Waals surface area contributed by atoms with E-state index in [0.29, 0.717) is 0 Å². The minimum Gasteiger partial charge on any atom is -0.449 e.